The van der Waals surface area contributed by atoms with E-state index in [1.807, 2.05) is 5.32 Å². The van der Waals surface area contributed by atoms with Gasteiger partial charge in [-0.15, -0.1) is 0 Å². The molecule has 0 saturated carbocycles. The molecule has 1 aliphatic rings. The predicted octanol–water partition coefficient (Wildman–Crippen LogP) is 0.100. The number of amides is 2. The summed E-state index contributed by atoms with van der Waals surface area (Å²) in [6.45, 7) is 1.75. The summed E-state index contributed by atoms with van der Waals surface area (Å²) in [7, 11) is 2.11. The fourth-order valence-electron chi connectivity index (χ4n) is 2.71. The summed E-state index contributed by atoms with van der Waals surface area (Å²) in [4.78, 5) is 48.4. The minimum absolute atomic E-state index is 0.233. The Balaban J connectivity index is 2.77. The number of fused-ring (bicyclic) bond motifs is 1. The summed E-state index contributed by atoms with van der Waals surface area (Å²) in [6.07, 6.45) is -4.64. The van der Waals surface area contributed by atoms with Crippen LogP contribution in [0, 0.1) is 0 Å². The topological polar surface area (TPSA) is 102 Å². The lowest BCUT2D eigenvalue weighted by atomic mass is 9.91. The number of carbonyl (C=O) groups excluding carboxylic acids is 2. The minimum Gasteiger partial charge on any atom is -0.330 e. The van der Waals surface area contributed by atoms with Crippen molar-refractivity contribution in [3.63, 3.8) is 0 Å². The van der Waals surface area contributed by atoms with Crippen molar-refractivity contribution >= 4 is 17.6 Å². The van der Waals surface area contributed by atoms with Crippen LogP contribution in [0.3, 0.4) is 0 Å². The van der Waals surface area contributed by atoms with E-state index in [2.05, 4.69) is 0 Å². The molecule has 0 aliphatic carbocycles. The number of rotatable bonds is 4. The second-order valence-electron chi connectivity index (χ2n) is 5.78. The van der Waals surface area contributed by atoms with Crippen LogP contribution in [0.25, 0.3) is 0 Å². The predicted molar refractivity (Wildman–Crippen MR) is 81.0 cm³/mol. The van der Waals surface area contributed by atoms with Crippen LogP contribution in [0.1, 0.15) is 31.7 Å². The Labute approximate surface area is 139 Å². The van der Waals surface area contributed by atoms with Crippen molar-refractivity contribution in [3.05, 3.63) is 26.4 Å². The van der Waals surface area contributed by atoms with Gasteiger partial charge in [0.15, 0.2) is 0 Å². The van der Waals surface area contributed by atoms with Gasteiger partial charge in [-0.25, -0.2) is 4.79 Å². The summed E-state index contributed by atoms with van der Waals surface area (Å²) in [5.74, 6) is -3.22. The smallest absolute Gasteiger partial charge is 0.330 e. The molecule has 1 aromatic rings. The summed E-state index contributed by atoms with van der Waals surface area (Å²) < 4.78 is 42.8. The van der Waals surface area contributed by atoms with Crippen LogP contribution >= 0.6 is 0 Å². The number of unbranched alkanes of at least 4 members (excludes halogenated alkanes) is 1. The average Bonchev–Trinajstić information content (AvgIpc) is 2.82. The van der Waals surface area contributed by atoms with Crippen LogP contribution in [0.4, 0.5) is 19.0 Å². The molecule has 1 aromatic heterocycles. The van der Waals surface area contributed by atoms with Crippen molar-refractivity contribution in [2.45, 2.75) is 37.9 Å². The molecule has 1 aliphatic heterocycles. The molecule has 2 amide bonds. The zero-order chi connectivity index (χ0) is 19.2. The second kappa shape index (κ2) is 6.05. The van der Waals surface area contributed by atoms with Gasteiger partial charge in [0.1, 0.15) is 11.4 Å². The Bertz CT molecular complexity index is 855. The molecule has 8 nitrogen and oxygen atoms in total. The highest BCUT2D eigenvalue weighted by atomic mass is 19.4. The van der Waals surface area contributed by atoms with Crippen molar-refractivity contribution in [3.8, 4) is 0 Å². The number of carbonyl (C=O) groups is 2. The molecule has 11 heteroatoms. The number of anilines is 1. The lowest BCUT2D eigenvalue weighted by Gasteiger charge is -2.30. The van der Waals surface area contributed by atoms with E-state index in [0.717, 1.165) is 18.7 Å². The number of hydrogen-bond donors (Lipinski definition) is 2. The van der Waals surface area contributed by atoms with Crippen molar-refractivity contribution in [1.29, 1.82) is 0 Å². The maximum absolute atomic E-state index is 13.9. The first-order valence-electron chi connectivity index (χ1n) is 7.48. The molecule has 0 spiro atoms. The number of nitrogens with one attached hydrogen (secondary N) is 2. The first-order chi connectivity index (χ1) is 11.5. The summed E-state index contributed by atoms with van der Waals surface area (Å²) >= 11 is 0. The first-order valence-corrected chi connectivity index (χ1v) is 7.48. The lowest BCUT2D eigenvalue weighted by molar-refractivity contribution is -0.200. The van der Waals surface area contributed by atoms with E-state index in [1.54, 1.807) is 12.2 Å². The highest BCUT2D eigenvalue weighted by molar-refractivity contribution is 6.07. The van der Waals surface area contributed by atoms with E-state index in [9.17, 15) is 32.3 Å². The van der Waals surface area contributed by atoms with Crippen molar-refractivity contribution in [2.75, 3.05) is 5.32 Å². The molecule has 25 heavy (non-hydrogen) atoms. The maximum atomic E-state index is 13.9. The number of halogens is 3. The van der Waals surface area contributed by atoms with Crippen LogP contribution in [0.15, 0.2) is 9.59 Å². The molecule has 0 unspecified atom stereocenters. The van der Waals surface area contributed by atoms with Gasteiger partial charge in [0.25, 0.3) is 11.5 Å². The molecular weight excluding hydrogens is 345 g/mol. The Morgan fingerprint density at radius 1 is 1.20 bits per heavy atom. The molecule has 138 valence electrons. The molecule has 0 bridgehead atoms. The fourth-order valence-corrected chi connectivity index (χ4v) is 2.71. The van der Waals surface area contributed by atoms with Crippen LogP contribution in [0.5, 0.6) is 0 Å². The molecule has 0 aromatic carbocycles. The summed E-state index contributed by atoms with van der Waals surface area (Å²) in [6, 6.07) is 0. The van der Waals surface area contributed by atoms with E-state index < -0.39 is 46.2 Å². The second-order valence-corrected chi connectivity index (χ2v) is 5.78. The number of nitrogens with zero attached hydrogens (tertiary/aromatic N) is 2. The highest BCUT2D eigenvalue weighted by Gasteiger charge is 2.68. The molecule has 0 saturated heterocycles. The van der Waals surface area contributed by atoms with Gasteiger partial charge >= 0.3 is 11.9 Å². The molecule has 0 fully saturated rings. The van der Waals surface area contributed by atoms with Gasteiger partial charge in [0.05, 0.1) is 0 Å². The zero-order valence-electron chi connectivity index (χ0n) is 13.8. The van der Waals surface area contributed by atoms with Crippen molar-refractivity contribution in [1.82, 2.24) is 14.5 Å². The fraction of sp³-hybridized carbons (Fsp3) is 0.571. The van der Waals surface area contributed by atoms with Gasteiger partial charge in [-0.2, -0.15) is 13.2 Å². The first kappa shape index (κ1) is 18.7. The largest absolute Gasteiger partial charge is 0.425 e. The van der Waals surface area contributed by atoms with Gasteiger partial charge in [-0.05, 0) is 6.42 Å². The van der Waals surface area contributed by atoms with Crippen LogP contribution in [-0.4, -0.2) is 27.1 Å². The molecule has 1 atom stereocenters. The quantitative estimate of drug-likeness (QED) is 0.793. The summed E-state index contributed by atoms with van der Waals surface area (Å²) in [5, 5.41) is 3.59. The van der Waals surface area contributed by atoms with Crippen LogP contribution < -0.4 is 21.9 Å². The highest BCUT2D eigenvalue weighted by Crippen LogP contribution is 2.44. The standard InChI is InChI=1S/C14H17F3N4O4/c1-4-5-6-7(22)19-13(14(15,16)17)8-9(18-11(13)24)20(2)12(25)21(3)10(8)23/h4-6H2,1-3H3,(H,18,24)(H,19,22)/t13-/m1/s1. The third-order valence-electron chi connectivity index (χ3n) is 4.12. The normalized spacial score (nSPS) is 19.5. The van der Waals surface area contributed by atoms with Gasteiger partial charge in [-0.3, -0.25) is 23.5 Å². The Morgan fingerprint density at radius 3 is 2.32 bits per heavy atom. The van der Waals surface area contributed by atoms with Crippen molar-refractivity contribution in [2.24, 2.45) is 14.1 Å². The van der Waals surface area contributed by atoms with E-state index in [1.165, 1.54) is 0 Å². The lowest BCUT2D eigenvalue weighted by Crippen LogP contribution is -2.62. The Hall–Kier alpha value is -2.59. The SMILES string of the molecule is CCCCC(=O)N[C@@]1(C(F)(F)F)C(=O)Nc2c1c(=O)n(C)c(=O)n2C. The Morgan fingerprint density at radius 2 is 1.80 bits per heavy atom. The van der Waals surface area contributed by atoms with Gasteiger partial charge < -0.3 is 10.6 Å². The average molecular weight is 362 g/mol. The summed E-state index contributed by atoms with van der Waals surface area (Å²) in [5.41, 5.74) is -6.75. The van der Waals surface area contributed by atoms with Gasteiger partial charge in [0.2, 0.25) is 11.4 Å². The number of alkyl halides is 3. The third kappa shape index (κ3) is 2.63. The minimum atomic E-state index is -5.28. The van der Waals surface area contributed by atoms with Gasteiger partial charge in [0, 0.05) is 20.5 Å². The van der Waals surface area contributed by atoms with Crippen LogP contribution in [0.2, 0.25) is 0 Å². The molecule has 2 N–H and O–H groups in total. The zero-order valence-corrected chi connectivity index (χ0v) is 13.8. The van der Waals surface area contributed by atoms with E-state index >= 15 is 0 Å². The molecule has 2 heterocycles. The van der Waals surface area contributed by atoms with Crippen molar-refractivity contribution < 1.29 is 22.8 Å². The van der Waals surface area contributed by atoms with E-state index in [4.69, 9.17) is 0 Å². The monoisotopic (exact) mass is 362 g/mol. The molecular formula is C14H17F3N4O4. The molecule has 0 radical (unpaired) electrons. The molecule has 2 rings (SSSR count). The Kier molecular flexibility index (Phi) is 4.53. The van der Waals surface area contributed by atoms with E-state index in [-0.39, 0.29) is 6.42 Å². The number of hydrogen-bond acceptors (Lipinski definition) is 4. The van der Waals surface area contributed by atoms with Crippen LogP contribution in [-0.2, 0) is 29.2 Å². The maximum Gasteiger partial charge on any atom is 0.425 e. The number of aromatic nitrogens is 2. The van der Waals surface area contributed by atoms with E-state index in [0.29, 0.717) is 17.4 Å². The van der Waals surface area contributed by atoms with Gasteiger partial charge in [-0.1, -0.05) is 13.3 Å². The third-order valence-corrected chi connectivity index (χ3v) is 4.12.